The van der Waals surface area contributed by atoms with Crippen LogP contribution >= 0.6 is 0 Å². The molecule has 5 heteroatoms. The summed E-state index contributed by atoms with van der Waals surface area (Å²) >= 11 is 0. The van der Waals surface area contributed by atoms with Crippen LogP contribution < -0.4 is 15.2 Å². The Morgan fingerprint density at radius 2 is 2.12 bits per heavy atom. The van der Waals surface area contributed by atoms with Gasteiger partial charge in [-0.2, -0.15) is 0 Å². The number of anilines is 1. The van der Waals surface area contributed by atoms with Crippen molar-refractivity contribution in [2.24, 2.45) is 5.92 Å². The maximum atomic E-state index is 13.3. The summed E-state index contributed by atoms with van der Waals surface area (Å²) < 4.78 is 5.45. The van der Waals surface area contributed by atoms with E-state index >= 15 is 0 Å². The lowest BCUT2D eigenvalue weighted by Gasteiger charge is -2.29. The van der Waals surface area contributed by atoms with E-state index in [0.717, 1.165) is 66.6 Å². The number of rotatable bonds is 3. The van der Waals surface area contributed by atoms with Crippen LogP contribution in [0.3, 0.4) is 0 Å². The second-order valence-electron chi connectivity index (χ2n) is 8.02. The van der Waals surface area contributed by atoms with Gasteiger partial charge in [-0.3, -0.25) is 4.79 Å². The zero-order valence-electron chi connectivity index (χ0n) is 15.9. The molecule has 4 rings (SSSR count). The second-order valence-corrected chi connectivity index (χ2v) is 8.02. The van der Waals surface area contributed by atoms with Gasteiger partial charge in [0.25, 0.3) is 0 Å². The van der Waals surface area contributed by atoms with Crippen LogP contribution in [0.1, 0.15) is 31.0 Å². The number of ether oxygens (including phenoxy) is 1. The fourth-order valence-electron chi connectivity index (χ4n) is 4.48. The molecule has 1 aromatic carbocycles. The number of likely N-dealkylation sites (tertiary alicyclic amines) is 1. The summed E-state index contributed by atoms with van der Waals surface area (Å²) in [5, 5.41) is 0.819. The minimum Gasteiger partial charge on any atom is -0.378 e. The van der Waals surface area contributed by atoms with E-state index in [-0.39, 0.29) is 5.43 Å². The van der Waals surface area contributed by atoms with Crippen LogP contribution in [0.4, 0.5) is 5.69 Å². The molecule has 2 aliphatic rings. The zero-order chi connectivity index (χ0) is 18.1. The Hall–Kier alpha value is -1.85. The lowest BCUT2D eigenvalue weighted by atomic mass is 9.99. The molecule has 2 unspecified atom stereocenters. The van der Waals surface area contributed by atoms with Crippen LogP contribution in [-0.2, 0) is 11.3 Å². The molecule has 0 radical (unpaired) electrons. The van der Waals surface area contributed by atoms with E-state index in [1.165, 1.54) is 25.9 Å². The predicted molar refractivity (Wildman–Crippen MR) is 105 cm³/mol. The molecule has 5 nitrogen and oxygen atoms in total. The summed E-state index contributed by atoms with van der Waals surface area (Å²) in [6, 6.07) is 6.23. The fraction of sp³-hybridized carbons (Fsp3) is 0.571. The number of benzene rings is 1. The van der Waals surface area contributed by atoms with Gasteiger partial charge in [0.15, 0.2) is 5.43 Å². The number of aryl methyl sites for hydroxylation is 1. The normalized spacial score (nSPS) is 24.2. The van der Waals surface area contributed by atoms with Crippen LogP contribution in [-0.4, -0.2) is 44.4 Å². The number of quaternary nitrogens is 1. The molecule has 2 fully saturated rings. The van der Waals surface area contributed by atoms with Crippen molar-refractivity contribution in [1.82, 2.24) is 4.98 Å². The topological polar surface area (TPSA) is 49.8 Å². The van der Waals surface area contributed by atoms with E-state index in [0.29, 0.717) is 0 Å². The van der Waals surface area contributed by atoms with Crippen molar-refractivity contribution in [3.8, 4) is 0 Å². The summed E-state index contributed by atoms with van der Waals surface area (Å²) in [6.07, 6.45) is 2.59. The molecule has 2 saturated heterocycles. The van der Waals surface area contributed by atoms with Crippen molar-refractivity contribution >= 4 is 16.6 Å². The standard InChI is InChI=1S/C21H29N3O2/c1-15-4-3-7-23(13-15)14-19-16(2)22-20-6-5-17(12-18(20)21(19)25)24-8-10-26-11-9-24/h5-6,12,15H,3-4,7-11,13-14H2,1-2H3,(H,22,25)/p+1. The average molecular weight is 356 g/mol. The van der Waals surface area contributed by atoms with E-state index < -0.39 is 0 Å². The van der Waals surface area contributed by atoms with Crippen LogP contribution in [0, 0.1) is 12.8 Å². The Morgan fingerprint density at radius 1 is 1.31 bits per heavy atom. The number of morpholine rings is 1. The average Bonchev–Trinajstić information content (AvgIpc) is 2.66. The number of aromatic nitrogens is 1. The maximum absolute atomic E-state index is 13.3. The fourth-order valence-corrected chi connectivity index (χ4v) is 4.48. The molecule has 2 atom stereocenters. The highest BCUT2D eigenvalue weighted by Gasteiger charge is 2.22. The molecule has 0 aliphatic carbocycles. The Balaban J connectivity index is 1.67. The van der Waals surface area contributed by atoms with E-state index in [1.54, 1.807) is 4.90 Å². The molecular weight excluding hydrogens is 326 g/mol. The summed E-state index contributed by atoms with van der Waals surface area (Å²) in [7, 11) is 0. The molecule has 3 heterocycles. The Kier molecular flexibility index (Phi) is 5.00. The number of piperidine rings is 1. The summed E-state index contributed by atoms with van der Waals surface area (Å²) in [5.74, 6) is 0.756. The molecule has 0 saturated carbocycles. The van der Waals surface area contributed by atoms with Gasteiger partial charge in [-0.05, 0) is 38.0 Å². The van der Waals surface area contributed by atoms with Crippen molar-refractivity contribution in [3.63, 3.8) is 0 Å². The number of nitrogens with one attached hydrogen (secondary N) is 2. The first-order valence-electron chi connectivity index (χ1n) is 9.93. The summed E-state index contributed by atoms with van der Waals surface area (Å²) in [4.78, 5) is 20.6. The highest BCUT2D eigenvalue weighted by atomic mass is 16.5. The zero-order valence-corrected chi connectivity index (χ0v) is 15.9. The number of aromatic amines is 1. The number of nitrogens with zero attached hydrogens (tertiary/aromatic N) is 1. The van der Waals surface area contributed by atoms with Crippen molar-refractivity contribution in [2.75, 3.05) is 44.3 Å². The van der Waals surface area contributed by atoms with Gasteiger partial charge in [-0.15, -0.1) is 0 Å². The van der Waals surface area contributed by atoms with Gasteiger partial charge in [0, 0.05) is 41.3 Å². The van der Waals surface area contributed by atoms with Crippen LogP contribution in [0.15, 0.2) is 23.0 Å². The van der Waals surface area contributed by atoms with Crippen molar-refractivity contribution in [3.05, 3.63) is 39.7 Å². The SMILES string of the molecule is Cc1[nH]c2ccc(N3CCOCC3)cc2c(=O)c1C[NH+]1CCCC(C)C1. The lowest BCUT2D eigenvalue weighted by molar-refractivity contribution is -0.922. The van der Waals surface area contributed by atoms with Gasteiger partial charge in [0.1, 0.15) is 6.54 Å². The van der Waals surface area contributed by atoms with Crippen LogP contribution in [0.2, 0.25) is 0 Å². The summed E-state index contributed by atoms with van der Waals surface area (Å²) in [6.45, 7) is 10.8. The molecule has 2 aromatic rings. The lowest BCUT2D eigenvalue weighted by Crippen LogP contribution is -3.12. The third-order valence-corrected chi connectivity index (χ3v) is 5.96. The Morgan fingerprint density at radius 3 is 2.88 bits per heavy atom. The molecular formula is C21H30N3O2+. The van der Waals surface area contributed by atoms with Crippen LogP contribution in [0.5, 0.6) is 0 Å². The van der Waals surface area contributed by atoms with Gasteiger partial charge in [-0.1, -0.05) is 6.92 Å². The molecule has 140 valence electrons. The minimum absolute atomic E-state index is 0.206. The monoisotopic (exact) mass is 356 g/mol. The first-order valence-corrected chi connectivity index (χ1v) is 9.93. The highest BCUT2D eigenvalue weighted by Crippen LogP contribution is 2.21. The van der Waals surface area contributed by atoms with Gasteiger partial charge in [-0.25, -0.2) is 0 Å². The van der Waals surface area contributed by atoms with E-state index in [9.17, 15) is 4.79 Å². The predicted octanol–water partition coefficient (Wildman–Crippen LogP) is 1.49. The molecule has 2 aliphatic heterocycles. The summed E-state index contributed by atoms with van der Waals surface area (Å²) in [5.41, 5.74) is 4.25. The minimum atomic E-state index is 0.206. The number of pyridine rings is 1. The quantitative estimate of drug-likeness (QED) is 0.876. The third-order valence-electron chi connectivity index (χ3n) is 5.96. The molecule has 0 spiro atoms. The molecule has 2 N–H and O–H groups in total. The van der Waals surface area contributed by atoms with Crippen molar-refractivity contribution in [1.29, 1.82) is 0 Å². The van der Waals surface area contributed by atoms with Gasteiger partial charge >= 0.3 is 0 Å². The smallest absolute Gasteiger partial charge is 0.198 e. The molecule has 0 bridgehead atoms. The molecule has 0 amide bonds. The van der Waals surface area contributed by atoms with Crippen LogP contribution in [0.25, 0.3) is 10.9 Å². The largest absolute Gasteiger partial charge is 0.378 e. The first-order chi connectivity index (χ1) is 12.6. The van der Waals surface area contributed by atoms with Gasteiger partial charge in [0.2, 0.25) is 0 Å². The third kappa shape index (κ3) is 3.51. The van der Waals surface area contributed by atoms with Crippen molar-refractivity contribution < 1.29 is 9.64 Å². The number of H-pyrrole nitrogens is 1. The first kappa shape index (κ1) is 17.6. The Labute approximate surface area is 154 Å². The Bertz CT molecular complexity index is 839. The maximum Gasteiger partial charge on any atom is 0.198 e. The second kappa shape index (κ2) is 7.41. The highest BCUT2D eigenvalue weighted by molar-refractivity contribution is 5.83. The van der Waals surface area contributed by atoms with Gasteiger partial charge < -0.3 is 19.5 Å². The number of fused-ring (bicyclic) bond motifs is 1. The van der Waals surface area contributed by atoms with E-state index in [4.69, 9.17) is 4.74 Å². The van der Waals surface area contributed by atoms with Crippen molar-refractivity contribution in [2.45, 2.75) is 33.2 Å². The van der Waals surface area contributed by atoms with E-state index in [1.807, 2.05) is 13.0 Å². The number of hydrogen-bond acceptors (Lipinski definition) is 3. The number of hydrogen-bond donors (Lipinski definition) is 2. The van der Waals surface area contributed by atoms with Gasteiger partial charge in [0.05, 0.1) is 31.9 Å². The van der Waals surface area contributed by atoms with E-state index in [2.05, 4.69) is 28.9 Å². The molecule has 26 heavy (non-hydrogen) atoms. The molecule has 1 aromatic heterocycles.